The van der Waals surface area contributed by atoms with E-state index < -0.39 is 11.8 Å². The van der Waals surface area contributed by atoms with Crippen molar-refractivity contribution >= 4 is 35.0 Å². The number of amides is 3. The van der Waals surface area contributed by atoms with E-state index in [4.69, 9.17) is 16.7 Å². The second kappa shape index (κ2) is 6.80. The third kappa shape index (κ3) is 3.52. The topological polar surface area (TPSA) is 90.0 Å². The summed E-state index contributed by atoms with van der Waals surface area (Å²) in [6, 6.07) is 4.62. The van der Waals surface area contributed by atoms with Gasteiger partial charge in [0, 0.05) is 25.2 Å². The standard InChI is InChI=1S/C15H16ClN3O4/c1-18(2)14(22)10-7-9(16)3-4-11(10)17-12-8-13(21)19(5-6-20)15(12)23/h3-4,7-8,17,20H,5-6H2,1-2H3. The number of β-amino-alcohol motifs (C(OH)–C–C–N with tert-alkyl or cyclic N) is 1. The number of nitrogens with zero attached hydrogens (tertiary/aromatic N) is 2. The van der Waals surface area contributed by atoms with Crippen LogP contribution in [0.3, 0.4) is 0 Å². The van der Waals surface area contributed by atoms with Crippen molar-refractivity contribution in [3.05, 3.63) is 40.6 Å². The molecule has 1 heterocycles. The summed E-state index contributed by atoms with van der Waals surface area (Å²) < 4.78 is 0. The van der Waals surface area contributed by atoms with E-state index in [2.05, 4.69) is 5.32 Å². The van der Waals surface area contributed by atoms with Crippen molar-refractivity contribution in [2.45, 2.75) is 0 Å². The molecule has 0 atom stereocenters. The SMILES string of the molecule is CN(C)C(=O)c1cc(Cl)ccc1NC1=CC(=O)N(CCO)C1=O. The van der Waals surface area contributed by atoms with Gasteiger partial charge in [-0.1, -0.05) is 11.6 Å². The Kier molecular flexibility index (Phi) is 5.02. The van der Waals surface area contributed by atoms with Gasteiger partial charge in [-0.15, -0.1) is 0 Å². The number of halogens is 1. The third-order valence-corrected chi connectivity index (χ3v) is 3.46. The highest BCUT2D eigenvalue weighted by Gasteiger charge is 2.31. The molecular formula is C15H16ClN3O4. The number of hydrogen-bond donors (Lipinski definition) is 2. The fourth-order valence-corrected chi connectivity index (χ4v) is 2.27. The van der Waals surface area contributed by atoms with Crippen LogP contribution in [0, 0.1) is 0 Å². The highest BCUT2D eigenvalue weighted by molar-refractivity contribution is 6.31. The first-order chi connectivity index (χ1) is 10.8. The van der Waals surface area contributed by atoms with Gasteiger partial charge in [0.05, 0.1) is 24.4 Å². The molecule has 0 saturated heterocycles. The maximum atomic E-state index is 12.2. The van der Waals surface area contributed by atoms with Crippen molar-refractivity contribution in [2.24, 2.45) is 0 Å². The minimum atomic E-state index is -0.553. The average Bonchev–Trinajstić information content (AvgIpc) is 2.76. The molecule has 7 nitrogen and oxygen atoms in total. The summed E-state index contributed by atoms with van der Waals surface area (Å²) in [7, 11) is 3.19. The summed E-state index contributed by atoms with van der Waals surface area (Å²) in [6.07, 6.45) is 1.14. The zero-order valence-electron chi connectivity index (χ0n) is 12.7. The lowest BCUT2D eigenvalue weighted by molar-refractivity contribution is -0.137. The Morgan fingerprint density at radius 1 is 1.35 bits per heavy atom. The van der Waals surface area contributed by atoms with Gasteiger partial charge in [0.15, 0.2) is 0 Å². The minimum Gasteiger partial charge on any atom is -0.395 e. The molecular weight excluding hydrogens is 322 g/mol. The molecule has 0 bridgehead atoms. The van der Waals surface area contributed by atoms with Gasteiger partial charge in [-0.05, 0) is 18.2 Å². The molecule has 1 aliphatic rings. The van der Waals surface area contributed by atoms with E-state index in [9.17, 15) is 14.4 Å². The van der Waals surface area contributed by atoms with Gasteiger partial charge < -0.3 is 15.3 Å². The number of aliphatic hydroxyl groups is 1. The van der Waals surface area contributed by atoms with Crippen LogP contribution in [-0.4, -0.2) is 59.9 Å². The maximum Gasteiger partial charge on any atom is 0.277 e. The highest BCUT2D eigenvalue weighted by atomic mass is 35.5. The number of nitrogens with one attached hydrogen (secondary N) is 1. The van der Waals surface area contributed by atoms with Gasteiger partial charge in [-0.2, -0.15) is 0 Å². The van der Waals surface area contributed by atoms with Crippen LogP contribution in [-0.2, 0) is 9.59 Å². The lowest BCUT2D eigenvalue weighted by Gasteiger charge is -2.17. The van der Waals surface area contributed by atoms with Crippen LogP contribution in [0.1, 0.15) is 10.4 Å². The molecule has 1 aromatic carbocycles. The molecule has 23 heavy (non-hydrogen) atoms. The first kappa shape index (κ1) is 17.0. The summed E-state index contributed by atoms with van der Waals surface area (Å²) in [5.41, 5.74) is 0.689. The summed E-state index contributed by atoms with van der Waals surface area (Å²) >= 11 is 5.93. The van der Waals surface area contributed by atoms with Crippen molar-refractivity contribution in [1.29, 1.82) is 0 Å². The quantitative estimate of drug-likeness (QED) is 0.772. The Labute approximate surface area is 138 Å². The number of carbonyl (C=O) groups is 3. The molecule has 0 radical (unpaired) electrons. The van der Waals surface area contributed by atoms with Crippen molar-refractivity contribution in [1.82, 2.24) is 9.80 Å². The van der Waals surface area contributed by atoms with Crippen LogP contribution in [0.25, 0.3) is 0 Å². The Morgan fingerprint density at radius 3 is 2.65 bits per heavy atom. The Bertz CT molecular complexity index is 700. The van der Waals surface area contributed by atoms with Crippen molar-refractivity contribution in [2.75, 3.05) is 32.6 Å². The monoisotopic (exact) mass is 337 g/mol. The van der Waals surface area contributed by atoms with E-state index in [0.29, 0.717) is 10.7 Å². The van der Waals surface area contributed by atoms with E-state index in [0.717, 1.165) is 11.0 Å². The molecule has 3 amide bonds. The molecule has 1 aliphatic heterocycles. The fraction of sp³-hybridized carbons (Fsp3) is 0.267. The van der Waals surface area contributed by atoms with Crippen LogP contribution < -0.4 is 5.32 Å². The molecule has 0 unspecified atom stereocenters. The van der Waals surface area contributed by atoms with Crippen molar-refractivity contribution in [3.63, 3.8) is 0 Å². The predicted octanol–water partition coefficient (Wildman–Crippen LogP) is 0.699. The molecule has 2 N–H and O–H groups in total. The summed E-state index contributed by atoms with van der Waals surface area (Å²) in [6.45, 7) is -0.395. The molecule has 0 saturated carbocycles. The molecule has 8 heteroatoms. The van der Waals surface area contributed by atoms with E-state index in [-0.39, 0.29) is 30.3 Å². The van der Waals surface area contributed by atoms with Gasteiger partial charge in [-0.3, -0.25) is 19.3 Å². The van der Waals surface area contributed by atoms with Gasteiger partial charge in [0.1, 0.15) is 5.70 Å². The second-order valence-corrected chi connectivity index (χ2v) is 5.53. The fourth-order valence-electron chi connectivity index (χ4n) is 2.10. The first-order valence-electron chi connectivity index (χ1n) is 6.81. The molecule has 0 aromatic heterocycles. The number of aliphatic hydroxyl groups excluding tert-OH is 1. The molecule has 1 aromatic rings. The number of carbonyl (C=O) groups excluding carboxylic acids is 3. The van der Waals surface area contributed by atoms with Crippen LogP contribution in [0.4, 0.5) is 5.69 Å². The smallest absolute Gasteiger partial charge is 0.277 e. The number of hydrogen-bond acceptors (Lipinski definition) is 5. The van der Waals surface area contributed by atoms with Crippen LogP contribution in [0.2, 0.25) is 5.02 Å². The molecule has 0 aliphatic carbocycles. The first-order valence-corrected chi connectivity index (χ1v) is 7.19. The average molecular weight is 338 g/mol. The van der Waals surface area contributed by atoms with Crippen molar-refractivity contribution in [3.8, 4) is 0 Å². The Morgan fingerprint density at radius 2 is 2.04 bits per heavy atom. The van der Waals surface area contributed by atoms with Crippen LogP contribution >= 0.6 is 11.6 Å². The Hall–Kier alpha value is -2.38. The van der Waals surface area contributed by atoms with Gasteiger partial charge in [-0.25, -0.2) is 0 Å². The maximum absolute atomic E-state index is 12.2. The highest BCUT2D eigenvalue weighted by Crippen LogP contribution is 2.25. The van der Waals surface area contributed by atoms with E-state index >= 15 is 0 Å². The van der Waals surface area contributed by atoms with E-state index in [1.807, 2.05) is 0 Å². The molecule has 2 rings (SSSR count). The van der Waals surface area contributed by atoms with Crippen LogP contribution in [0.5, 0.6) is 0 Å². The molecule has 122 valence electrons. The lowest BCUT2D eigenvalue weighted by Crippen LogP contribution is -2.34. The molecule has 0 fully saturated rings. The van der Waals surface area contributed by atoms with Gasteiger partial charge in [0.25, 0.3) is 17.7 Å². The predicted molar refractivity (Wildman–Crippen MR) is 85.0 cm³/mol. The lowest BCUT2D eigenvalue weighted by atomic mass is 10.1. The van der Waals surface area contributed by atoms with E-state index in [1.54, 1.807) is 26.2 Å². The second-order valence-electron chi connectivity index (χ2n) is 5.09. The summed E-state index contributed by atoms with van der Waals surface area (Å²) in [5.74, 6) is -1.36. The number of benzene rings is 1. The summed E-state index contributed by atoms with van der Waals surface area (Å²) in [5, 5.41) is 12.1. The zero-order chi connectivity index (χ0) is 17.1. The van der Waals surface area contributed by atoms with E-state index in [1.165, 1.54) is 11.0 Å². The van der Waals surface area contributed by atoms with Crippen molar-refractivity contribution < 1.29 is 19.5 Å². The minimum absolute atomic E-state index is 0.0404. The van der Waals surface area contributed by atoms with Gasteiger partial charge in [0.2, 0.25) is 0 Å². The Balaban J connectivity index is 2.31. The largest absolute Gasteiger partial charge is 0.395 e. The number of imide groups is 1. The zero-order valence-corrected chi connectivity index (χ0v) is 13.4. The third-order valence-electron chi connectivity index (χ3n) is 3.22. The molecule has 0 spiro atoms. The summed E-state index contributed by atoms with van der Waals surface area (Å²) in [4.78, 5) is 38.4. The number of anilines is 1. The van der Waals surface area contributed by atoms with Crippen LogP contribution in [0.15, 0.2) is 30.0 Å². The normalized spacial score (nSPS) is 14.1. The van der Waals surface area contributed by atoms with Gasteiger partial charge >= 0.3 is 0 Å². The number of rotatable bonds is 5.